The number of rotatable bonds is 7. The minimum absolute atomic E-state index is 0.00685. The van der Waals surface area contributed by atoms with E-state index in [0.29, 0.717) is 30.0 Å². The van der Waals surface area contributed by atoms with Gasteiger partial charge in [0, 0.05) is 18.9 Å². The number of hydrogen-bond acceptors (Lipinski definition) is 2. The van der Waals surface area contributed by atoms with Crippen LogP contribution in [0, 0.1) is 29.6 Å². The first-order valence-corrected chi connectivity index (χ1v) is 6.44. The van der Waals surface area contributed by atoms with Crippen molar-refractivity contribution in [2.75, 3.05) is 6.61 Å². The van der Waals surface area contributed by atoms with Gasteiger partial charge < -0.3 is 5.11 Å². The molecule has 1 N–H and O–H groups in total. The molecule has 16 heavy (non-hydrogen) atoms. The third-order valence-corrected chi connectivity index (χ3v) is 3.23. The molecule has 0 bridgehead atoms. The molecule has 0 rings (SSSR count). The summed E-state index contributed by atoms with van der Waals surface area (Å²) in [5.41, 5.74) is 0. The van der Waals surface area contributed by atoms with Crippen molar-refractivity contribution in [2.45, 2.75) is 48.0 Å². The van der Waals surface area contributed by atoms with Crippen molar-refractivity contribution in [2.24, 2.45) is 29.6 Å². The molecule has 0 aromatic carbocycles. The van der Waals surface area contributed by atoms with E-state index in [-0.39, 0.29) is 18.4 Å². The van der Waals surface area contributed by atoms with Crippen molar-refractivity contribution >= 4 is 5.78 Å². The summed E-state index contributed by atoms with van der Waals surface area (Å²) in [6, 6.07) is 0. The van der Waals surface area contributed by atoms with Crippen LogP contribution in [0.4, 0.5) is 0 Å². The average molecular weight is 228 g/mol. The Morgan fingerprint density at radius 3 is 1.75 bits per heavy atom. The standard InChI is InChI=1S/C14H28O2/c1-9(2)7-13(16)14(11(5)6)12(8-15)10(3)4/h9-12,14-15H,7-8H2,1-6H3. The van der Waals surface area contributed by atoms with Crippen molar-refractivity contribution in [3.05, 3.63) is 0 Å². The van der Waals surface area contributed by atoms with Crippen LogP contribution in [-0.2, 0) is 4.79 Å². The second kappa shape index (κ2) is 7.05. The summed E-state index contributed by atoms with van der Waals surface area (Å²) in [5.74, 6) is 1.50. The van der Waals surface area contributed by atoms with Crippen molar-refractivity contribution in [1.29, 1.82) is 0 Å². The number of aliphatic hydroxyl groups is 1. The molecular weight excluding hydrogens is 200 g/mol. The van der Waals surface area contributed by atoms with Gasteiger partial charge in [-0.25, -0.2) is 0 Å². The molecule has 0 aromatic rings. The molecule has 0 spiro atoms. The first-order chi connectivity index (χ1) is 7.31. The van der Waals surface area contributed by atoms with E-state index in [1.807, 2.05) is 0 Å². The molecule has 0 aliphatic carbocycles. The Balaban J connectivity index is 4.77. The summed E-state index contributed by atoms with van der Waals surface area (Å²) in [7, 11) is 0. The zero-order chi connectivity index (χ0) is 12.9. The summed E-state index contributed by atoms with van der Waals surface area (Å²) in [5, 5.41) is 9.45. The molecule has 0 amide bonds. The number of aliphatic hydroxyl groups excluding tert-OH is 1. The first kappa shape index (κ1) is 15.6. The summed E-state index contributed by atoms with van der Waals surface area (Å²) in [4.78, 5) is 12.2. The molecule has 0 fully saturated rings. The van der Waals surface area contributed by atoms with Crippen LogP contribution in [0.2, 0.25) is 0 Å². The molecule has 0 aliphatic rings. The fraction of sp³-hybridized carbons (Fsp3) is 0.929. The van der Waals surface area contributed by atoms with E-state index in [1.165, 1.54) is 0 Å². The van der Waals surface area contributed by atoms with Crippen LogP contribution in [0.15, 0.2) is 0 Å². The van der Waals surface area contributed by atoms with E-state index in [9.17, 15) is 9.90 Å². The first-order valence-electron chi connectivity index (χ1n) is 6.44. The molecule has 2 unspecified atom stereocenters. The maximum absolute atomic E-state index is 12.2. The van der Waals surface area contributed by atoms with Gasteiger partial charge in [-0.3, -0.25) is 4.79 Å². The van der Waals surface area contributed by atoms with E-state index in [0.717, 1.165) is 0 Å². The van der Waals surface area contributed by atoms with Crippen molar-refractivity contribution in [1.82, 2.24) is 0 Å². The van der Waals surface area contributed by atoms with Gasteiger partial charge in [0.25, 0.3) is 0 Å². The van der Waals surface area contributed by atoms with Crippen LogP contribution in [0.5, 0.6) is 0 Å². The predicted octanol–water partition coefficient (Wildman–Crippen LogP) is 3.14. The monoisotopic (exact) mass is 228 g/mol. The lowest BCUT2D eigenvalue weighted by molar-refractivity contribution is -0.128. The Bertz CT molecular complexity index is 207. The lowest BCUT2D eigenvalue weighted by Crippen LogP contribution is -2.34. The second-order valence-electron chi connectivity index (χ2n) is 5.92. The van der Waals surface area contributed by atoms with Crippen LogP contribution in [-0.4, -0.2) is 17.5 Å². The van der Waals surface area contributed by atoms with Crippen LogP contribution in [0.3, 0.4) is 0 Å². The number of carbonyl (C=O) groups excluding carboxylic acids is 1. The van der Waals surface area contributed by atoms with Gasteiger partial charge in [-0.1, -0.05) is 41.5 Å². The van der Waals surface area contributed by atoms with Crippen molar-refractivity contribution in [3.8, 4) is 0 Å². The lowest BCUT2D eigenvalue weighted by Gasteiger charge is -2.31. The number of carbonyl (C=O) groups is 1. The molecule has 2 atom stereocenters. The van der Waals surface area contributed by atoms with Gasteiger partial charge in [-0.05, 0) is 23.7 Å². The van der Waals surface area contributed by atoms with Crippen molar-refractivity contribution < 1.29 is 9.90 Å². The quantitative estimate of drug-likeness (QED) is 0.727. The summed E-state index contributed by atoms with van der Waals surface area (Å²) in [6.45, 7) is 12.6. The van der Waals surface area contributed by atoms with Gasteiger partial charge in [0.05, 0.1) is 0 Å². The van der Waals surface area contributed by atoms with Gasteiger partial charge in [0.15, 0.2) is 0 Å². The Morgan fingerprint density at radius 2 is 1.50 bits per heavy atom. The smallest absolute Gasteiger partial charge is 0.136 e. The Kier molecular flexibility index (Phi) is 6.89. The highest BCUT2D eigenvalue weighted by Crippen LogP contribution is 2.29. The zero-order valence-electron chi connectivity index (χ0n) is 11.7. The average Bonchev–Trinajstić information content (AvgIpc) is 2.10. The Hall–Kier alpha value is -0.370. The van der Waals surface area contributed by atoms with Gasteiger partial charge >= 0.3 is 0 Å². The molecule has 0 heterocycles. The molecule has 0 saturated carbocycles. The minimum Gasteiger partial charge on any atom is -0.396 e. The van der Waals surface area contributed by atoms with E-state index in [2.05, 4.69) is 41.5 Å². The van der Waals surface area contributed by atoms with Gasteiger partial charge in [0.1, 0.15) is 5.78 Å². The molecule has 2 heteroatoms. The van der Waals surface area contributed by atoms with E-state index >= 15 is 0 Å². The zero-order valence-corrected chi connectivity index (χ0v) is 11.7. The normalized spacial score (nSPS) is 15.9. The number of hydrogen-bond donors (Lipinski definition) is 1. The van der Waals surface area contributed by atoms with Gasteiger partial charge in [0.2, 0.25) is 0 Å². The minimum atomic E-state index is 0.00685. The third-order valence-electron chi connectivity index (χ3n) is 3.23. The molecule has 96 valence electrons. The van der Waals surface area contributed by atoms with E-state index < -0.39 is 0 Å². The highest BCUT2D eigenvalue weighted by Gasteiger charge is 2.32. The van der Waals surface area contributed by atoms with Crippen LogP contribution in [0.1, 0.15) is 48.0 Å². The largest absolute Gasteiger partial charge is 0.396 e. The maximum Gasteiger partial charge on any atom is 0.136 e. The van der Waals surface area contributed by atoms with Crippen LogP contribution >= 0.6 is 0 Å². The fourth-order valence-corrected chi connectivity index (χ4v) is 2.38. The summed E-state index contributed by atoms with van der Waals surface area (Å²) in [6.07, 6.45) is 0.631. The van der Waals surface area contributed by atoms with Gasteiger partial charge in [-0.2, -0.15) is 0 Å². The highest BCUT2D eigenvalue weighted by molar-refractivity contribution is 5.81. The van der Waals surface area contributed by atoms with Crippen LogP contribution < -0.4 is 0 Å². The maximum atomic E-state index is 12.2. The van der Waals surface area contributed by atoms with Gasteiger partial charge in [-0.15, -0.1) is 0 Å². The molecular formula is C14H28O2. The third kappa shape index (κ3) is 4.65. The number of Topliss-reactive ketones (excluding diaryl/α,β-unsaturated/α-hetero) is 1. The molecule has 0 saturated heterocycles. The SMILES string of the molecule is CC(C)CC(=O)C(C(C)C)C(CO)C(C)C. The fourth-order valence-electron chi connectivity index (χ4n) is 2.38. The summed E-state index contributed by atoms with van der Waals surface area (Å²) < 4.78 is 0. The molecule has 0 aliphatic heterocycles. The Labute approximate surface area is 100 Å². The van der Waals surface area contributed by atoms with Crippen molar-refractivity contribution in [3.63, 3.8) is 0 Å². The second-order valence-corrected chi connectivity index (χ2v) is 5.92. The topological polar surface area (TPSA) is 37.3 Å². The molecule has 2 nitrogen and oxygen atoms in total. The Morgan fingerprint density at radius 1 is 1.00 bits per heavy atom. The highest BCUT2D eigenvalue weighted by atomic mass is 16.3. The van der Waals surface area contributed by atoms with Crippen LogP contribution in [0.25, 0.3) is 0 Å². The predicted molar refractivity (Wildman–Crippen MR) is 68.2 cm³/mol. The van der Waals surface area contributed by atoms with E-state index in [1.54, 1.807) is 0 Å². The molecule has 0 radical (unpaired) electrons. The number of ketones is 1. The lowest BCUT2D eigenvalue weighted by atomic mass is 9.74. The summed E-state index contributed by atoms with van der Waals surface area (Å²) >= 11 is 0. The molecule has 0 aromatic heterocycles. The van der Waals surface area contributed by atoms with E-state index in [4.69, 9.17) is 0 Å².